The second kappa shape index (κ2) is 9.01. The zero-order chi connectivity index (χ0) is 22.0. The number of ether oxygens (including phenoxy) is 1. The number of rotatable bonds is 6. The smallest absolute Gasteiger partial charge is 0.240 e. The molecule has 2 N–H and O–H groups in total. The first-order valence-electron chi connectivity index (χ1n) is 10.5. The normalized spacial score (nSPS) is 17.5. The van der Waals surface area contributed by atoms with Gasteiger partial charge in [0, 0.05) is 12.1 Å². The Morgan fingerprint density at radius 2 is 1.94 bits per heavy atom. The van der Waals surface area contributed by atoms with Crippen molar-refractivity contribution in [3.05, 3.63) is 65.0 Å². The van der Waals surface area contributed by atoms with Gasteiger partial charge in [-0.1, -0.05) is 43.0 Å². The van der Waals surface area contributed by atoms with E-state index in [1.54, 1.807) is 0 Å². The molecule has 1 aromatic heterocycles. The predicted molar refractivity (Wildman–Crippen MR) is 123 cm³/mol. The molecule has 0 aliphatic carbocycles. The van der Waals surface area contributed by atoms with Crippen LogP contribution in [0.5, 0.6) is 5.75 Å². The van der Waals surface area contributed by atoms with Crippen LogP contribution in [0.1, 0.15) is 42.4 Å². The summed E-state index contributed by atoms with van der Waals surface area (Å²) in [5.41, 5.74) is 7.44. The van der Waals surface area contributed by atoms with E-state index >= 15 is 0 Å². The van der Waals surface area contributed by atoms with Crippen molar-refractivity contribution in [2.24, 2.45) is 0 Å². The Morgan fingerprint density at radius 3 is 2.65 bits per heavy atom. The molecule has 2 heterocycles. The summed E-state index contributed by atoms with van der Waals surface area (Å²) in [4.78, 5) is 13.4. The molecule has 2 aromatic carbocycles. The molecule has 0 saturated carbocycles. The van der Waals surface area contributed by atoms with Gasteiger partial charge in [-0.2, -0.15) is 0 Å². The number of nitrogens with one attached hydrogen (secondary N) is 2. The fraction of sp³-hybridized carbons (Fsp3) is 0.348. The van der Waals surface area contributed by atoms with Crippen molar-refractivity contribution in [3.63, 3.8) is 0 Å². The zero-order valence-electron chi connectivity index (χ0n) is 18.2. The second-order valence-corrected chi connectivity index (χ2v) is 8.65. The number of benzene rings is 2. The Balaban J connectivity index is 1.66. The Labute approximate surface area is 186 Å². The van der Waals surface area contributed by atoms with Gasteiger partial charge in [0.25, 0.3) is 0 Å². The number of thioether (sulfide) groups is 1. The number of aromatic nitrogens is 3. The van der Waals surface area contributed by atoms with E-state index in [9.17, 15) is 4.79 Å². The third kappa shape index (κ3) is 4.39. The van der Waals surface area contributed by atoms with E-state index in [4.69, 9.17) is 4.74 Å². The van der Waals surface area contributed by atoms with Gasteiger partial charge in [0.15, 0.2) is 5.82 Å². The van der Waals surface area contributed by atoms with Crippen LogP contribution in [0.2, 0.25) is 0 Å². The molecule has 1 amide bonds. The number of hydrogen-bond donors (Lipinski definition) is 2. The van der Waals surface area contributed by atoms with E-state index in [1.165, 1.54) is 11.8 Å². The van der Waals surface area contributed by atoms with Crippen LogP contribution >= 0.6 is 11.8 Å². The van der Waals surface area contributed by atoms with Crippen LogP contribution in [-0.2, 0) is 11.2 Å². The molecule has 0 unspecified atom stereocenters. The summed E-state index contributed by atoms with van der Waals surface area (Å²) < 4.78 is 7.47. The lowest BCUT2D eigenvalue weighted by Crippen LogP contribution is -2.41. The van der Waals surface area contributed by atoms with Crippen molar-refractivity contribution in [3.8, 4) is 5.75 Å². The Bertz CT molecular complexity index is 1080. The van der Waals surface area contributed by atoms with Gasteiger partial charge in [0.2, 0.25) is 11.1 Å². The number of hydrogen-bond acceptors (Lipinski definition) is 6. The van der Waals surface area contributed by atoms with E-state index in [-0.39, 0.29) is 11.9 Å². The highest BCUT2D eigenvalue weighted by atomic mass is 32.2. The average Bonchev–Trinajstić information content (AvgIpc) is 3.18. The first kappa shape index (κ1) is 21.2. The molecule has 162 valence electrons. The minimum atomic E-state index is -0.417. The molecule has 0 saturated heterocycles. The van der Waals surface area contributed by atoms with Crippen LogP contribution in [-0.4, -0.2) is 32.6 Å². The van der Waals surface area contributed by atoms with Gasteiger partial charge in [-0.25, -0.2) is 4.68 Å². The summed E-state index contributed by atoms with van der Waals surface area (Å²) in [6, 6.07) is 13.7. The Morgan fingerprint density at radius 1 is 1.16 bits per heavy atom. The number of amides is 1. The molecule has 0 bridgehead atoms. The van der Waals surface area contributed by atoms with Gasteiger partial charge in [-0.05, 0) is 55.7 Å². The summed E-state index contributed by atoms with van der Waals surface area (Å²) in [6.45, 7) is 8.62. The Kier molecular flexibility index (Phi) is 6.18. The molecule has 31 heavy (non-hydrogen) atoms. The second-order valence-electron chi connectivity index (χ2n) is 7.54. The highest BCUT2D eigenvalue weighted by Gasteiger charge is 2.37. The maximum absolute atomic E-state index is 13.4. The lowest BCUT2D eigenvalue weighted by molar-refractivity contribution is -0.116. The SMILES string of the molecule is CCOc1ccc([C@H]2Nn3c(CC)nnc3S[C@H]2C(=O)Nc2cc(C)ccc2C)cc1. The predicted octanol–water partition coefficient (Wildman–Crippen LogP) is 4.25. The van der Waals surface area contributed by atoms with Crippen LogP contribution in [0.3, 0.4) is 0 Å². The number of fused-ring (bicyclic) bond motifs is 1. The fourth-order valence-corrected chi connectivity index (χ4v) is 4.69. The summed E-state index contributed by atoms with van der Waals surface area (Å²) in [5.74, 6) is 1.58. The number of anilines is 1. The van der Waals surface area contributed by atoms with Crippen molar-refractivity contribution in [1.82, 2.24) is 14.9 Å². The van der Waals surface area contributed by atoms with Crippen LogP contribution in [0.15, 0.2) is 47.6 Å². The number of carbonyl (C=O) groups excluding carboxylic acids is 1. The summed E-state index contributed by atoms with van der Waals surface area (Å²) in [6.07, 6.45) is 0.746. The molecule has 1 aliphatic rings. The van der Waals surface area contributed by atoms with Gasteiger partial charge in [-0.3, -0.25) is 4.79 Å². The minimum absolute atomic E-state index is 0.0719. The van der Waals surface area contributed by atoms with E-state index in [2.05, 4.69) is 20.9 Å². The topological polar surface area (TPSA) is 81.1 Å². The molecule has 7 nitrogen and oxygen atoms in total. The fourth-order valence-electron chi connectivity index (χ4n) is 3.59. The summed E-state index contributed by atoms with van der Waals surface area (Å²) >= 11 is 1.43. The van der Waals surface area contributed by atoms with Crippen molar-refractivity contribution in [1.29, 1.82) is 0 Å². The molecule has 0 fully saturated rings. The van der Waals surface area contributed by atoms with Gasteiger partial charge in [0.1, 0.15) is 11.0 Å². The lowest BCUT2D eigenvalue weighted by Gasteiger charge is -2.33. The van der Waals surface area contributed by atoms with Crippen LogP contribution in [0.25, 0.3) is 0 Å². The van der Waals surface area contributed by atoms with Gasteiger partial charge in [-0.15, -0.1) is 10.2 Å². The highest BCUT2D eigenvalue weighted by Crippen LogP contribution is 2.38. The summed E-state index contributed by atoms with van der Waals surface area (Å²) in [5, 5.41) is 11.9. The third-order valence-corrected chi connectivity index (χ3v) is 6.49. The molecule has 2 atom stereocenters. The van der Waals surface area contributed by atoms with Crippen molar-refractivity contribution in [2.45, 2.75) is 50.6 Å². The first-order valence-corrected chi connectivity index (χ1v) is 11.4. The molecular formula is C23H27N5O2S. The number of carbonyl (C=O) groups is 1. The van der Waals surface area contributed by atoms with E-state index in [0.717, 1.165) is 40.4 Å². The molecule has 4 rings (SSSR count). The minimum Gasteiger partial charge on any atom is -0.494 e. The van der Waals surface area contributed by atoms with Crippen LogP contribution in [0.4, 0.5) is 5.69 Å². The van der Waals surface area contributed by atoms with Crippen LogP contribution < -0.4 is 15.5 Å². The molecule has 1 aliphatic heterocycles. The largest absolute Gasteiger partial charge is 0.494 e. The molecular weight excluding hydrogens is 410 g/mol. The molecule has 3 aromatic rings. The average molecular weight is 438 g/mol. The zero-order valence-corrected chi connectivity index (χ0v) is 19.0. The lowest BCUT2D eigenvalue weighted by atomic mass is 10.0. The highest BCUT2D eigenvalue weighted by molar-refractivity contribution is 8.00. The van der Waals surface area contributed by atoms with Gasteiger partial charge < -0.3 is 15.5 Å². The third-order valence-electron chi connectivity index (χ3n) is 5.28. The van der Waals surface area contributed by atoms with E-state index in [0.29, 0.717) is 11.8 Å². The van der Waals surface area contributed by atoms with Gasteiger partial charge in [0.05, 0.1) is 12.6 Å². The monoisotopic (exact) mass is 437 g/mol. The van der Waals surface area contributed by atoms with Crippen molar-refractivity contribution in [2.75, 3.05) is 17.3 Å². The number of aryl methyl sites for hydroxylation is 3. The number of nitrogens with zero attached hydrogens (tertiary/aromatic N) is 3. The van der Waals surface area contributed by atoms with Crippen LogP contribution in [0, 0.1) is 13.8 Å². The molecule has 8 heteroatoms. The van der Waals surface area contributed by atoms with E-state index < -0.39 is 5.25 Å². The van der Waals surface area contributed by atoms with Crippen molar-refractivity contribution >= 4 is 23.4 Å². The maximum Gasteiger partial charge on any atom is 0.240 e. The quantitative estimate of drug-likeness (QED) is 0.600. The van der Waals surface area contributed by atoms with E-state index in [1.807, 2.05) is 74.8 Å². The van der Waals surface area contributed by atoms with Crippen molar-refractivity contribution < 1.29 is 9.53 Å². The standard InChI is InChI=1S/C23H27N5O2S/c1-5-19-25-26-23-28(19)27-20(16-9-11-17(12-10-16)30-6-2)21(31-23)22(29)24-18-13-14(3)7-8-15(18)4/h7-13,20-21,27H,5-6H2,1-4H3,(H,24,29)/t20-,21-/m1/s1. The first-order chi connectivity index (χ1) is 15.0. The summed E-state index contributed by atoms with van der Waals surface area (Å²) in [7, 11) is 0. The molecule has 0 spiro atoms. The Hall–Kier alpha value is -3.00. The molecule has 0 radical (unpaired) electrons. The maximum atomic E-state index is 13.4. The van der Waals surface area contributed by atoms with Gasteiger partial charge >= 0.3 is 0 Å².